The number of nitrogens with zero attached hydrogens (tertiary/aromatic N) is 1. The molecule has 0 amide bonds. The molecule has 1 heterocycles. The van der Waals surface area contributed by atoms with Gasteiger partial charge in [-0.05, 0) is 30.5 Å². The Morgan fingerprint density at radius 2 is 1.78 bits per heavy atom. The van der Waals surface area contributed by atoms with Crippen LogP contribution < -0.4 is 5.32 Å². The largest absolute Gasteiger partial charge is 0.370 e. The van der Waals surface area contributed by atoms with Crippen molar-refractivity contribution in [1.29, 1.82) is 0 Å². The average molecular weight is 240 g/mol. The number of pyridine rings is 1. The maximum Gasteiger partial charge on any atom is 0.126 e. The maximum absolute atomic E-state index is 4.60. The maximum atomic E-state index is 4.60. The Hall–Kier alpha value is -1.83. The standard InChI is InChI=1S/C16H20N2/c1-4-17-16-7-5-6-15(18-16)14-10-8-13(9-11-14)12(2)3/h5-12H,4H2,1-3H3,(H,17,18). The second-order valence-corrected chi connectivity index (χ2v) is 4.72. The van der Waals surface area contributed by atoms with Crippen LogP contribution in [0.3, 0.4) is 0 Å². The summed E-state index contributed by atoms with van der Waals surface area (Å²) in [6.07, 6.45) is 0. The third-order valence-corrected chi connectivity index (χ3v) is 2.98. The van der Waals surface area contributed by atoms with E-state index in [4.69, 9.17) is 0 Å². The smallest absolute Gasteiger partial charge is 0.126 e. The Labute approximate surface area is 109 Å². The molecule has 0 spiro atoms. The van der Waals surface area contributed by atoms with E-state index in [-0.39, 0.29) is 0 Å². The Morgan fingerprint density at radius 3 is 2.39 bits per heavy atom. The summed E-state index contributed by atoms with van der Waals surface area (Å²) in [6, 6.07) is 14.7. The van der Waals surface area contributed by atoms with Gasteiger partial charge < -0.3 is 5.32 Å². The molecule has 18 heavy (non-hydrogen) atoms. The van der Waals surface area contributed by atoms with Crippen LogP contribution in [0, 0.1) is 0 Å². The van der Waals surface area contributed by atoms with E-state index in [2.05, 4.69) is 55.3 Å². The van der Waals surface area contributed by atoms with Gasteiger partial charge in [0.05, 0.1) is 5.69 Å². The number of benzene rings is 1. The van der Waals surface area contributed by atoms with E-state index in [1.807, 2.05) is 18.2 Å². The molecule has 0 radical (unpaired) electrons. The van der Waals surface area contributed by atoms with Crippen LogP contribution in [0.15, 0.2) is 42.5 Å². The predicted octanol–water partition coefficient (Wildman–Crippen LogP) is 4.30. The summed E-state index contributed by atoms with van der Waals surface area (Å²) < 4.78 is 0. The molecular weight excluding hydrogens is 220 g/mol. The molecule has 0 aliphatic heterocycles. The molecule has 1 N–H and O–H groups in total. The van der Waals surface area contributed by atoms with Crippen LogP contribution in [0.2, 0.25) is 0 Å². The van der Waals surface area contributed by atoms with E-state index in [0.717, 1.165) is 18.1 Å². The monoisotopic (exact) mass is 240 g/mol. The normalized spacial score (nSPS) is 10.7. The van der Waals surface area contributed by atoms with E-state index in [9.17, 15) is 0 Å². The van der Waals surface area contributed by atoms with Crippen molar-refractivity contribution in [3.05, 3.63) is 48.0 Å². The summed E-state index contributed by atoms with van der Waals surface area (Å²) in [5, 5.41) is 3.24. The Kier molecular flexibility index (Phi) is 3.98. The van der Waals surface area contributed by atoms with Crippen LogP contribution >= 0.6 is 0 Å². The van der Waals surface area contributed by atoms with Crippen molar-refractivity contribution >= 4 is 5.82 Å². The van der Waals surface area contributed by atoms with Crippen molar-refractivity contribution < 1.29 is 0 Å². The summed E-state index contributed by atoms with van der Waals surface area (Å²) >= 11 is 0. The molecule has 0 aliphatic rings. The Morgan fingerprint density at radius 1 is 1.06 bits per heavy atom. The van der Waals surface area contributed by atoms with Gasteiger partial charge in [-0.3, -0.25) is 0 Å². The molecule has 0 bridgehead atoms. The minimum atomic E-state index is 0.570. The van der Waals surface area contributed by atoms with Crippen molar-refractivity contribution in [2.75, 3.05) is 11.9 Å². The van der Waals surface area contributed by atoms with Crippen LogP contribution in [0.5, 0.6) is 0 Å². The number of aromatic nitrogens is 1. The Balaban J connectivity index is 2.27. The van der Waals surface area contributed by atoms with Gasteiger partial charge in [0.1, 0.15) is 5.82 Å². The summed E-state index contributed by atoms with van der Waals surface area (Å²) in [6.45, 7) is 7.38. The van der Waals surface area contributed by atoms with Crippen LogP contribution in [0.1, 0.15) is 32.3 Å². The van der Waals surface area contributed by atoms with Gasteiger partial charge in [-0.2, -0.15) is 0 Å². The summed E-state index contributed by atoms with van der Waals surface area (Å²) in [5.74, 6) is 1.50. The summed E-state index contributed by atoms with van der Waals surface area (Å²) in [4.78, 5) is 4.60. The number of hydrogen-bond donors (Lipinski definition) is 1. The quantitative estimate of drug-likeness (QED) is 0.861. The van der Waals surface area contributed by atoms with Crippen LogP contribution in [0.25, 0.3) is 11.3 Å². The zero-order chi connectivity index (χ0) is 13.0. The molecule has 2 heteroatoms. The number of anilines is 1. The van der Waals surface area contributed by atoms with E-state index >= 15 is 0 Å². The van der Waals surface area contributed by atoms with Gasteiger partial charge in [-0.25, -0.2) is 4.98 Å². The molecular formula is C16H20N2. The second-order valence-electron chi connectivity index (χ2n) is 4.72. The minimum absolute atomic E-state index is 0.570. The van der Waals surface area contributed by atoms with Gasteiger partial charge in [0.25, 0.3) is 0 Å². The molecule has 0 fully saturated rings. The first-order chi connectivity index (χ1) is 8.70. The van der Waals surface area contributed by atoms with Crippen LogP contribution in [-0.2, 0) is 0 Å². The predicted molar refractivity (Wildman–Crippen MR) is 77.9 cm³/mol. The average Bonchev–Trinajstić information content (AvgIpc) is 2.39. The highest BCUT2D eigenvalue weighted by molar-refractivity contribution is 5.61. The summed E-state index contributed by atoms with van der Waals surface area (Å²) in [7, 11) is 0. The topological polar surface area (TPSA) is 24.9 Å². The highest BCUT2D eigenvalue weighted by Crippen LogP contribution is 2.22. The van der Waals surface area contributed by atoms with Crippen LogP contribution in [-0.4, -0.2) is 11.5 Å². The Bertz CT molecular complexity index is 501. The van der Waals surface area contributed by atoms with Crippen molar-refractivity contribution in [2.24, 2.45) is 0 Å². The lowest BCUT2D eigenvalue weighted by molar-refractivity contribution is 0.867. The van der Waals surface area contributed by atoms with Crippen molar-refractivity contribution in [3.63, 3.8) is 0 Å². The van der Waals surface area contributed by atoms with Gasteiger partial charge in [0.2, 0.25) is 0 Å². The van der Waals surface area contributed by atoms with Gasteiger partial charge >= 0.3 is 0 Å². The summed E-state index contributed by atoms with van der Waals surface area (Å²) in [5.41, 5.74) is 3.55. The van der Waals surface area contributed by atoms with Gasteiger partial charge in [0.15, 0.2) is 0 Å². The molecule has 0 saturated carbocycles. The van der Waals surface area contributed by atoms with E-state index in [1.165, 1.54) is 11.1 Å². The lowest BCUT2D eigenvalue weighted by Gasteiger charge is -2.08. The first kappa shape index (κ1) is 12.6. The van der Waals surface area contributed by atoms with E-state index in [0.29, 0.717) is 5.92 Å². The van der Waals surface area contributed by atoms with E-state index < -0.39 is 0 Å². The fourth-order valence-electron chi connectivity index (χ4n) is 1.91. The van der Waals surface area contributed by atoms with Gasteiger partial charge in [-0.1, -0.05) is 44.2 Å². The molecule has 2 aromatic rings. The third-order valence-electron chi connectivity index (χ3n) is 2.98. The first-order valence-corrected chi connectivity index (χ1v) is 6.52. The highest BCUT2D eigenvalue weighted by Gasteiger charge is 2.02. The zero-order valence-electron chi connectivity index (χ0n) is 11.3. The molecule has 0 aliphatic carbocycles. The third kappa shape index (κ3) is 2.89. The fourth-order valence-corrected chi connectivity index (χ4v) is 1.91. The highest BCUT2D eigenvalue weighted by atomic mass is 15.0. The first-order valence-electron chi connectivity index (χ1n) is 6.52. The fraction of sp³-hybridized carbons (Fsp3) is 0.312. The SMILES string of the molecule is CCNc1cccc(-c2ccc(C(C)C)cc2)n1. The molecule has 94 valence electrons. The lowest BCUT2D eigenvalue weighted by Crippen LogP contribution is -1.99. The van der Waals surface area contributed by atoms with Crippen molar-refractivity contribution in [1.82, 2.24) is 4.98 Å². The van der Waals surface area contributed by atoms with E-state index in [1.54, 1.807) is 0 Å². The van der Waals surface area contributed by atoms with Gasteiger partial charge in [0, 0.05) is 12.1 Å². The molecule has 1 aromatic heterocycles. The molecule has 0 unspecified atom stereocenters. The number of nitrogens with one attached hydrogen (secondary N) is 1. The molecule has 2 rings (SSSR count). The van der Waals surface area contributed by atoms with Crippen LogP contribution in [0.4, 0.5) is 5.82 Å². The molecule has 0 atom stereocenters. The number of hydrogen-bond acceptors (Lipinski definition) is 2. The van der Waals surface area contributed by atoms with Gasteiger partial charge in [-0.15, -0.1) is 0 Å². The minimum Gasteiger partial charge on any atom is -0.370 e. The lowest BCUT2D eigenvalue weighted by atomic mass is 10.0. The van der Waals surface area contributed by atoms with Crippen molar-refractivity contribution in [3.8, 4) is 11.3 Å². The molecule has 2 nitrogen and oxygen atoms in total. The molecule has 1 aromatic carbocycles. The second kappa shape index (κ2) is 5.67. The molecule has 0 saturated heterocycles. The number of rotatable bonds is 4. The van der Waals surface area contributed by atoms with Crippen molar-refractivity contribution in [2.45, 2.75) is 26.7 Å². The zero-order valence-corrected chi connectivity index (χ0v) is 11.3.